The van der Waals surface area contributed by atoms with Crippen LogP contribution in [0.5, 0.6) is 0 Å². The molecule has 1 aromatic heterocycles. The number of aryl methyl sites for hydroxylation is 1. The number of anilines is 1. The largest absolute Gasteiger partial charge is 0.325 e. The Bertz CT molecular complexity index is 827. The number of thiazole rings is 1. The molecule has 0 saturated heterocycles. The summed E-state index contributed by atoms with van der Waals surface area (Å²) in [6, 6.07) is 15.8. The van der Waals surface area contributed by atoms with Crippen LogP contribution in [0.1, 0.15) is 11.3 Å². The molecule has 1 heterocycles. The summed E-state index contributed by atoms with van der Waals surface area (Å²) < 4.78 is 0.868. The zero-order valence-corrected chi connectivity index (χ0v) is 14.9. The normalized spacial score (nSPS) is 10.5. The molecular weight excluding hydrogens is 372 g/mol. The fourth-order valence-corrected chi connectivity index (χ4v) is 3.35. The number of hydrogen-bond donors (Lipinski definition) is 1. The van der Waals surface area contributed by atoms with Crippen LogP contribution in [-0.4, -0.2) is 10.9 Å². The molecule has 3 nitrogen and oxygen atoms in total. The molecule has 5 heteroatoms. The van der Waals surface area contributed by atoms with E-state index in [0.717, 1.165) is 26.4 Å². The van der Waals surface area contributed by atoms with E-state index < -0.39 is 0 Å². The van der Waals surface area contributed by atoms with Gasteiger partial charge in [-0.05, 0) is 35.0 Å². The number of halogens is 1. The maximum atomic E-state index is 12.2. The zero-order chi connectivity index (χ0) is 16.2. The topological polar surface area (TPSA) is 42.0 Å². The van der Waals surface area contributed by atoms with Crippen molar-refractivity contribution in [2.45, 2.75) is 13.3 Å². The van der Waals surface area contributed by atoms with Gasteiger partial charge in [0.2, 0.25) is 5.91 Å². The summed E-state index contributed by atoms with van der Waals surface area (Å²) in [5.41, 5.74) is 3.86. The monoisotopic (exact) mass is 386 g/mol. The maximum absolute atomic E-state index is 12.2. The van der Waals surface area contributed by atoms with E-state index >= 15 is 0 Å². The number of hydrogen-bond acceptors (Lipinski definition) is 3. The van der Waals surface area contributed by atoms with E-state index in [9.17, 15) is 4.79 Å². The van der Waals surface area contributed by atoms with Gasteiger partial charge in [-0.3, -0.25) is 4.79 Å². The van der Waals surface area contributed by atoms with E-state index in [1.807, 2.05) is 29.6 Å². The highest BCUT2D eigenvalue weighted by Gasteiger charge is 2.10. The second-order valence-corrected chi connectivity index (χ2v) is 6.93. The minimum atomic E-state index is -0.0716. The van der Waals surface area contributed by atoms with E-state index in [4.69, 9.17) is 0 Å². The molecule has 0 aliphatic heterocycles. The molecule has 1 N–H and O–H groups in total. The molecule has 0 spiro atoms. The van der Waals surface area contributed by atoms with Crippen molar-refractivity contribution >= 4 is 38.9 Å². The highest BCUT2D eigenvalue weighted by Crippen LogP contribution is 2.25. The number of nitrogens with one attached hydrogen (secondary N) is 1. The number of rotatable bonds is 4. The lowest BCUT2D eigenvalue weighted by Crippen LogP contribution is -2.14. The Hall–Kier alpha value is -1.98. The number of aromatic nitrogens is 1. The first-order valence-corrected chi connectivity index (χ1v) is 8.85. The smallest absolute Gasteiger partial charge is 0.230 e. The first-order chi connectivity index (χ1) is 11.1. The van der Waals surface area contributed by atoms with Gasteiger partial charge in [-0.2, -0.15) is 0 Å². The standard InChI is InChI=1S/C18H15BrN2OS/c1-12-6-8-13(9-7-12)18-20-14(11-23-18)10-17(22)21-16-5-3-2-4-15(16)19/h2-9,11H,10H2,1H3,(H,21,22). The van der Waals surface area contributed by atoms with Gasteiger partial charge in [0.05, 0.1) is 17.8 Å². The van der Waals surface area contributed by atoms with Crippen molar-refractivity contribution in [2.75, 3.05) is 5.32 Å². The Labute approximate surface area is 147 Å². The zero-order valence-electron chi connectivity index (χ0n) is 12.5. The number of carbonyl (C=O) groups is 1. The number of nitrogens with zero attached hydrogens (tertiary/aromatic N) is 1. The van der Waals surface area contributed by atoms with Crippen LogP contribution >= 0.6 is 27.3 Å². The fourth-order valence-electron chi connectivity index (χ4n) is 2.14. The van der Waals surface area contributed by atoms with Gasteiger partial charge in [-0.1, -0.05) is 42.0 Å². The first kappa shape index (κ1) is 15.9. The van der Waals surface area contributed by atoms with E-state index in [1.165, 1.54) is 5.56 Å². The van der Waals surface area contributed by atoms with Crippen molar-refractivity contribution in [3.63, 3.8) is 0 Å². The van der Waals surface area contributed by atoms with Gasteiger partial charge < -0.3 is 5.32 Å². The Morgan fingerprint density at radius 1 is 1.17 bits per heavy atom. The predicted molar refractivity (Wildman–Crippen MR) is 98.8 cm³/mol. The lowest BCUT2D eigenvalue weighted by Gasteiger charge is -2.05. The molecule has 1 amide bonds. The molecule has 0 aliphatic rings. The Morgan fingerprint density at radius 2 is 1.91 bits per heavy atom. The molecular formula is C18H15BrN2OS. The van der Waals surface area contributed by atoms with Gasteiger partial charge in [0.1, 0.15) is 5.01 Å². The first-order valence-electron chi connectivity index (χ1n) is 7.17. The van der Waals surface area contributed by atoms with Crippen molar-refractivity contribution in [1.29, 1.82) is 0 Å². The summed E-state index contributed by atoms with van der Waals surface area (Å²) in [6.07, 6.45) is 0.268. The van der Waals surface area contributed by atoms with Crippen LogP contribution in [0.2, 0.25) is 0 Å². The molecule has 2 aromatic carbocycles. The van der Waals surface area contributed by atoms with E-state index in [-0.39, 0.29) is 12.3 Å². The quantitative estimate of drug-likeness (QED) is 0.680. The number of amides is 1. The molecule has 0 radical (unpaired) electrons. The average Bonchev–Trinajstić information content (AvgIpc) is 2.98. The summed E-state index contributed by atoms with van der Waals surface area (Å²) in [7, 11) is 0. The second-order valence-electron chi connectivity index (χ2n) is 5.21. The third-order valence-electron chi connectivity index (χ3n) is 3.34. The molecule has 23 heavy (non-hydrogen) atoms. The highest BCUT2D eigenvalue weighted by atomic mass is 79.9. The Morgan fingerprint density at radius 3 is 2.65 bits per heavy atom. The van der Waals surface area contributed by atoms with Gasteiger partial charge in [0, 0.05) is 15.4 Å². The lowest BCUT2D eigenvalue weighted by atomic mass is 10.2. The fraction of sp³-hybridized carbons (Fsp3) is 0.111. The molecule has 0 fully saturated rings. The molecule has 0 unspecified atom stereocenters. The molecule has 3 rings (SSSR count). The summed E-state index contributed by atoms with van der Waals surface area (Å²) in [5.74, 6) is -0.0716. The molecule has 0 saturated carbocycles. The molecule has 0 bridgehead atoms. The number of benzene rings is 2. The van der Waals surface area contributed by atoms with Crippen LogP contribution in [0, 0.1) is 6.92 Å². The predicted octanol–water partition coefficient (Wildman–Crippen LogP) is 5.06. The summed E-state index contributed by atoms with van der Waals surface area (Å²) in [6.45, 7) is 2.06. The van der Waals surface area contributed by atoms with Crippen LogP contribution in [0.4, 0.5) is 5.69 Å². The lowest BCUT2D eigenvalue weighted by molar-refractivity contribution is -0.115. The van der Waals surface area contributed by atoms with Crippen molar-refractivity contribution < 1.29 is 4.79 Å². The molecule has 0 atom stereocenters. The summed E-state index contributed by atoms with van der Waals surface area (Å²) in [4.78, 5) is 16.7. The van der Waals surface area contributed by atoms with Crippen LogP contribution in [-0.2, 0) is 11.2 Å². The van der Waals surface area contributed by atoms with Crippen molar-refractivity contribution in [3.05, 3.63) is 69.6 Å². The third kappa shape index (κ3) is 4.06. The van der Waals surface area contributed by atoms with Crippen molar-refractivity contribution in [1.82, 2.24) is 4.98 Å². The average molecular weight is 387 g/mol. The molecule has 3 aromatic rings. The maximum Gasteiger partial charge on any atom is 0.230 e. The summed E-state index contributed by atoms with van der Waals surface area (Å²) >= 11 is 4.98. The Balaban J connectivity index is 1.68. The summed E-state index contributed by atoms with van der Waals surface area (Å²) in [5, 5.41) is 5.77. The minimum Gasteiger partial charge on any atom is -0.325 e. The van der Waals surface area contributed by atoms with Crippen LogP contribution in [0.25, 0.3) is 10.6 Å². The van der Waals surface area contributed by atoms with Crippen LogP contribution in [0.3, 0.4) is 0 Å². The van der Waals surface area contributed by atoms with Crippen LogP contribution in [0.15, 0.2) is 58.4 Å². The van der Waals surface area contributed by atoms with Gasteiger partial charge >= 0.3 is 0 Å². The second kappa shape index (κ2) is 7.06. The van der Waals surface area contributed by atoms with Gasteiger partial charge in [-0.15, -0.1) is 11.3 Å². The number of carbonyl (C=O) groups excluding carboxylic acids is 1. The van der Waals surface area contributed by atoms with E-state index in [2.05, 4.69) is 57.4 Å². The highest BCUT2D eigenvalue weighted by molar-refractivity contribution is 9.10. The van der Waals surface area contributed by atoms with E-state index in [0.29, 0.717) is 0 Å². The van der Waals surface area contributed by atoms with E-state index in [1.54, 1.807) is 11.3 Å². The Kier molecular flexibility index (Phi) is 4.88. The van der Waals surface area contributed by atoms with Crippen molar-refractivity contribution in [2.24, 2.45) is 0 Å². The molecule has 0 aliphatic carbocycles. The number of para-hydroxylation sites is 1. The minimum absolute atomic E-state index is 0.0716. The molecule has 116 valence electrons. The van der Waals surface area contributed by atoms with Gasteiger partial charge in [-0.25, -0.2) is 4.98 Å². The van der Waals surface area contributed by atoms with Crippen molar-refractivity contribution in [3.8, 4) is 10.6 Å². The van der Waals surface area contributed by atoms with Gasteiger partial charge in [0.25, 0.3) is 0 Å². The van der Waals surface area contributed by atoms with Gasteiger partial charge in [0.15, 0.2) is 0 Å². The van der Waals surface area contributed by atoms with Crippen LogP contribution < -0.4 is 5.32 Å². The SMILES string of the molecule is Cc1ccc(-c2nc(CC(=O)Nc3ccccc3Br)cs2)cc1. The third-order valence-corrected chi connectivity index (χ3v) is 4.97.